The maximum Gasteiger partial charge on any atom is 0.408 e. The van der Waals surface area contributed by atoms with Crippen molar-refractivity contribution >= 4 is 28.9 Å². The Hall–Kier alpha value is -4.61. The lowest BCUT2D eigenvalue weighted by molar-refractivity contribution is -0.139. The molecule has 0 saturated carbocycles. The van der Waals surface area contributed by atoms with Crippen molar-refractivity contribution in [2.75, 3.05) is 0 Å². The molecule has 4 rings (SSSR count). The van der Waals surface area contributed by atoms with E-state index in [4.69, 9.17) is 9.84 Å². The number of ketones is 1. The van der Waals surface area contributed by atoms with Crippen LogP contribution >= 0.6 is 0 Å². The Kier molecular flexibility index (Phi) is 6.87. The minimum atomic E-state index is -1.31. The number of ether oxygens (including phenoxy) is 1. The minimum Gasteiger partial charge on any atom is -0.481 e. The minimum absolute atomic E-state index is 0.0174. The number of aliphatic carboxylic acids is 1. The number of carbonyl (C=O) groups excluding carboxylic acids is 2. The van der Waals surface area contributed by atoms with Gasteiger partial charge in [-0.25, -0.2) is 9.78 Å². The van der Waals surface area contributed by atoms with Gasteiger partial charge in [-0.05, 0) is 22.9 Å². The fraction of sp³-hybridized carbons (Fsp3) is 0.227. The van der Waals surface area contributed by atoms with Gasteiger partial charge < -0.3 is 20.1 Å². The number of hydrogen-bond donors (Lipinski definition) is 3. The second kappa shape index (κ2) is 10.3. The number of benzene rings is 2. The standard InChI is InChI=1S/C22H21N7O5/c30-18(17(10-21(31)32)25-22(33)34-13-14-6-2-1-3-7-14)12-29-27-20(26-28-29)11-19-23-15-8-4-5-9-16(15)24-19/h1-9,17H,10-13H2,(H,23,24)(H,25,33)(H,31,32). The highest BCUT2D eigenvalue weighted by molar-refractivity contribution is 5.90. The van der Waals surface area contributed by atoms with Gasteiger partial charge in [0.25, 0.3) is 0 Å². The van der Waals surface area contributed by atoms with Crippen LogP contribution in [-0.2, 0) is 33.9 Å². The summed E-state index contributed by atoms with van der Waals surface area (Å²) in [7, 11) is 0. The van der Waals surface area contributed by atoms with Gasteiger partial charge in [0.2, 0.25) is 0 Å². The fourth-order valence-corrected chi connectivity index (χ4v) is 3.23. The number of rotatable bonds is 10. The van der Waals surface area contributed by atoms with Crippen LogP contribution in [0.4, 0.5) is 4.79 Å². The van der Waals surface area contributed by atoms with Crippen molar-refractivity contribution in [3.05, 3.63) is 71.8 Å². The third-order valence-corrected chi connectivity index (χ3v) is 4.83. The molecular formula is C22H21N7O5. The van der Waals surface area contributed by atoms with Crippen LogP contribution < -0.4 is 5.32 Å². The number of H-pyrrole nitrogens is 1. The van der Waals surface area contributed by atoms with E-state index in [1.807, 2.05) is 30.3 Å². The first-order valence-corrected chi connectivity index (χ1v) is 10.4. The van der Waals surface area contributed by atoms with E-state index < -0.39 is 30.3 Å². The van der Waals surface area contributed by atoms with Crippen LogP contribution in [0, 0.1) is 0 Å². The predicted molar refractivity (Wildman–Crippen MR) is 118 cm³/mol. The molecule has 0 aliphatic rings. The molecular weight excluding hydrogens is 442 g/mol. The Bertz CT molecular complexity index is 1270. The van der Waals surface area contributed by atoms with Crippen molar-refractivity contribution in [1.29, 1.82) is 0 Å². The Morgan fingerprint density at radius 3 is 2.62 bits per heavy atom. The van der Waals surface area contributed by atoms with E-state index in [0.717, 1.165) is 21.4 Å². The Balaban J connectivity index is 1.35. The van der Waals surface area contributed by atoms with Gasteiger partial charge in [0.1, 0.15) is 25.0 Å². The number of alkyl carbamates (subject to hydrolysis) is 1. The number of Topliss-reactive ketones (excluding diaryl/α,β-unsaturated/α-hetero) is 1. The summed E-state index contributed by atoms with van der Waals surface area (Å²) in [6.45, 7) is -0.388. The summed E-state index contributed by atoms with van der Waals surface area (Å²) >= 11 is 0. The Morgan fingerprint density at radius 2 is 1.85 bits per heavy atom. The van der Waals surface area contributed by atoms with Crippen molar-refractivity contribution in [3.63, 3.8) is 0 Å². The van der Waals surface area contributed by atoms with Crippen LogP contribution in [0.2, 0.25) is 0 Å². The molecule has 2 heterocycles. The second-order valence-electron chi connectivity index (χ2n) is 7.44. The van der Waals surface area contributed by atoms with Crippen molar-refractivity contribution in [2.45, 2.75) is 32.0 Å². The van der Waals surface area contributed by atoms with E-state index >= 15 is 0 Å². The van der Waals surface area contributed by atoms with Gasteiger partial charge in [0.15, 0.2) is 11.6 Å². The summed E-state index contributed by atoms with van der Waals surface area (Å²) in [5.41, 5.74) is 2.44. The number of aromatic amines is 1. The number of hydrogen-bond acceptors (Lipinski definition) is 8. The van der Waals surface area contributed by atoms with Crippen molar-refractivity contribution in [1.82, 2.24) is 35.5 Å². The fourth-order valence-electron chi connectivity index (χ4n) is 3.23. The van der Waals surface area contributed by atoms with Gasteiger partial charge in [-0.1, -0.05) is 42.5 Å². The summed E-state index contributed by atoms with van der Waals surface area (Å²) in [6, 6.07) is 15.2. The first-order chi connectivity index (χ1) is 16.5. The zero-order valence-corrected chi connectivity index (χ0v) is 17.9. The molecule has 0 spiro atoms. The number of carboxylic acids is 1. The Morgan fingerprint density at radius 1 is 1.09 bits per heavy atom. The zero-order valence-electron chi connectivity index (χ0n) is 17.9. The summed E-state index contributed by atoms with van der Waals surface area (Å²) in [5, 5.41) is 23.4. The predicted octanol–water partition coefficient (Wildman–Crippen LogP) is 1.48. The summed E-state index contributed by atoms with van der Waals surface area (Å²) < 4.78 is 5.08. The van der Waals surface area contributed by atoms with Gasteiger partial charge in [-0.2, -0.15) is 4.80 Å². The number of para-hydroxylation sites is 2. The molecule has 0 fully saturated rings. The largest absolute Gasteiger partial charge is 0.481 e. The number of amides is 1. The van der Waals surface area contributed by atoms with Crippen LogP contribution in [-0.4, -0.2) is 59.2 Å². The number of nitrogens with zero attached hydrogens (tertiary/aromatic N) is 5. The first-order valence-electron chi connectivity index (χ1n) is 10.4. The molecule has 34 heavy (non-hydrogen) atoms. The molecule has 0 bridgehead atoms. The number of tetrazole rings is 1. The monoisotopic (exact) mass is 463 g/mol. The average Bonchev–Trinajstić information content (AvgIpc) is 3.43. The van der Waals surface area contributed by atoms with Crippen molar-refractivity contribution in [3.8, 4) is 0 Å². The zero-order chi connectivity index (χ0) is 23.9. The quantitative estimate of drug-likeness (QED) is 0.316. The number of nitrogens with one attached hydrogen (secondary N) is 2. The molecule has 174 valence electrons. The van der Waals surface area contributed by atoms with Crippen LogP contribution in [0.5, 0.6) is 0 Å². The molecule has 0 saturated heterocycles. The number of imidazole rings is 1. The maximum absolute atomic E-state index is 12.7. The highest BCUT2D eigenvalue weighted by Crippen LogP contribution is 2.12. The lowest BCUT2D eigenvalue weighted by atomic mass is 10.1. The number of fused-ring (bicyclic) bond motifs is 1. The van der Waals surface area contributed by atoms with Gasteiger partial charge in [0, 0.05) is 0 Å². The Labute approximate surface area is 193 Å². The molecule has 3 N–H and O–H groups in total. The van der Waals surface area contributed by atoms with Crippen LogP contribution in [0.1, 0.15) is 23.6 Å². The second-order valence-corrected chi connectivity index (χ2v) is 7.44. The summed E-state index contributed by atoms with van der Waals surface area (Å²) in [6.07, 6.45) is -1.24. The van der Waals surface area contributed by atoms with E-state index in [-0.39, 0.29) is 19.6 Å². The highest BCUT2D eigenvalue weighted by Gasteiger charge is 2.25. The third kappa shape index (κ3) is 6.00. The molecule has 2 aromatic carbocycles. The number of aromatic nitrogens is 6. The van der Waals surface area contributed by atoms with E-state index in [1.54, 1.807) is 24.3 Å². The number of carbonyl (C=O) groups is 3. The number of carboxylic acid groups (broad SMARTS) is 1. The molecule has 1 unspecified atom stereocenters. The van der Waals surface area contributed by atoms with Gasteiger partial charge in [0.05, 0.1) is 23.9 Å². The normalized spacial score (nSPS) is 11.8. The third-order valence-electron chi connectivity index (χ3n) is 4.83. The van der Waals surface area contributed by atoms with Crippen LogP contribution in [0.15, 0.2) is 54.6 Å². The summed E-state index contributed by atoms with van der Waals surface area (Å²) in [4.78, 5) is 44.6. The average molecular weight is 463 g/mol. The smallest absolute Gasteiger partial charge is 0.408 e. The van der Waals surface area contributed by atoms with Gasteiger partial charge in [-0.3, -0.25) is 9.59 Å². The summed E-state index contributed by atoms with van der Waals surface area (Å²) in [5.74, 6) is -0.888. The van der Waals surface area contributed by atoms with Gasteiger partial charge >= 0.3 is 12.1 Å². The molecule has 0 radical (unpaired) electrons. The highest BCUT2D eigenvalue weighted by atomic mass is 16.5. The topological polar surface area (TPSA) is 165 Å². The molecule has 1 amide bonds. The lowest BCUT2D eigenvalue weighted by Gasteiger charge is -2.15. The molecule has 1 atom stereocenters. The SMILES string of the molecule is O=C(O)CC(NC(=O)OCc1ccccc1)C(=O)Cn1nnc(Cc2nc3ccccc3[nH]2)n1. The van der Waals surface area contributed by atoms with Crippen molar-refractivity contribution < 1.29 is 24.2 Å². The van der Waals surface area contributed by atoms with Crippen LogP contribution in [0.3, 0.4) is 0 Å². The molecule has 12 heteroatoms. The lowest BCUT2D eigenvalue weighted by Crippen LogP contribution is -2.44. The van der Waals surface area contributed by atoms with Gasteiger partial charge in [-0.15, -0.1) is 10.2 Å². The molecule has 4 aromatic rings. The molecule has 0 aliphatic carbocycles. The van der Waals surface area contributed by atoms with E-state index in [2.05, 4.69) is 30.7 Å². The van der Waals surface area contributed by atoms with Crippen molar-refractivity contribution in [2.24, 2.45) is 0 Å². The molecule has 2 aromatic heterocycles. The van der Waals surface area contributed by atoms with E-state index in [1.165, 1.54) is 0 Å². The molecule has 12 nitrogen and oxygen atoms in total. The van der Waals surface area contributed by atoms with E-state index in [9.17, 15) is 14.4 Å². The van der Waals surface area contributed by atoms with E-state index in [0.29, 0.717) is 11.6 Å². The molecule has 0 aliphatic heterocycles. The first kappa shape index (κ1) is 22.6. The van der Waals surface area contributed by atoms with Crippen LogP contribution in [0.25, 0.3) is 11.0 Å². The maximum atomic E-state index is 12.7.